The minimum atomic E-state index is -0.139. The molecule has 0 radical (unpaired) electrons. The third-order valence-corrected chi connectivity index (χ3v) is 5.31. The standard InChI is InChI=1S/C21H28N6O2/c1-21(2,3)19-22-9-14(10-23-19)18(28)25-16-5-4-7-27(12-16)20-24-11-15-13-29-8-6-17(15)26-20/h9-11,16H,4-8,12-13H2,1-3H3,(H,25,28)/t16-/m0/s1. The average Bonchev–Trinajstić information content (AvgIpc) is 2.73. The lowest BCUT2D eigenvalue weighted by Crippen LogP contribution is -2.48. The molecule has 0 saturated carbocycles. The molecular weight excluding hydrogens is 368 g/mol. The molecule has 2 aromatic rings. The van der Waals surface area contributed by atoms with Gasteiger partial charge in [-0.2, -0.15) is 0 Å². The van der Waals surface area contributed by atoms with Crippen molar-refractivity contribution in [1.29, 1.82) is 0 Å². The second kappa shape index (κ2) is 8.02. The molecule has 2 aromatic heterocycles. The maximum Gasteiger partial charge on any atom is 0.254 e. The first-order chi connectivity index (χ1) is 13.9. The zero-order valence-corrected chi connectivity index (χ0v) is 17.3. The summed E-state index contributed by atoms with van der Waals surface area (Å²) < 4.78 is 5.46. The van der Waals surface area contributed by atoms with E-state index in [9.17, 15) is 4.79 Å². The van der Waals surface area contributed by atoms with Crippen LogP contribution < -0.4 is 10.2 Å². The minimum Gasteiger partial charge on any atom is -0.376 e. The summed E-state index contributed by atoms with van der Waals surface area (Å²) >= 11 is 0. The van der Waals surface area contributed by atoms with Crippen LogP contribution in [0, 0.1) is 0 Å². The lowest BCUT2D eigenvalue weighted by Gasteiger charge is -2.33. The maximum absolute atomic E-state index is 12.7. The van der Waals surface area contributed by atoms with Crippen LogP contribution >= 0.6 is 0 Å². The fourth-order valence-electron chi connectivity index (χ4n) is 3.65. The van der Waals surface area contributed by atoms with E-state index in [2.05, 4.69) is 45.9 Å². The molecule has 1 N–H and O–H groups in total. The minimum absolute atomic E-state index is 0.0431. The molecule has 2 aliphatic rings. The molecule has 1 fully saturated rings. The van der Waals surface area contributed by atoms with Crippen LogP contribution in [0.2, 0.25) is 0 Å². The summed E-state index contributed by atoms with van der Waals surface area (Å²) in [6.07, 6.45) is 7.82. The van der Waals surface area contributed by atoms with Crippen LogP contribution in [0.3, 0.4) is 0 Å². The summed E-state index contributed by atoms with van der Waals surface area (Å²) in [7, 11) is 0. The van der Waals surface area contributed by atoms with Crippen LogP contribution in [0.25, 0.3) is 0 Å². The van der Waals surface area contributed by atoms with Crippen LogP contribution in [0.1, 0.15) is 61.1 Å². The molecule has 0 unspecified atom stereocenters. The Kier molecular flexibility index (Phi) is 5.45. The number of anilines is 1. The number of carbonyl (C=O) groups is 1. The van der Waals surface area contributed by atoms with Crippen molar-refractivity contribution in [2.24, 2.45) is 0 Å². The first-order valence-corrected chi connectivity index (χ1v) is 10.2. The number of aromatic nitrogens is 4. The number of ether oxygens (including phenoxy) is 1. The van der Waals surface area contributed by atoms with Crippen LogP contribution in [-0.2, 0) is 23.2 Å². The van der Waals surface area contributed by atoms with Crippen LogP contribution in [0.15, 0.2) is 18.6 Å². The van der Waals surface area contributed by atoms with Crippen molar-refractivity contribution >= 4 is 11.9 Å². The molecule has 2 aliphatic heterocycles. The van der Waals surface area contributed by atoms with Gasteiger partial charge in [0.05, 0.1) is 24.5 Å². The van der Waals surface area contributed by atoms with Crippen molar-refractivity contribution < 1.29 is 9.53 Å². The predicted molar refractivity (Wildman–Crippen MR) is 109 cm³/mol. The first-order valence-electron chi connectivity index (χ1n) is 10.2. The summed E-state index contributed by atoms with van der Waals surface area (Å²) in [5.74, 6) is 1.33. The van der Waals surface area contributed by atoms with Crippen molar-refractivity contribution in [2.75, 3.05) is 24.6 Å². The molecule has 8 nitrogen and oxygen atoms in total. The molecule has 29 heavy (non-hydrogen) atoms. The molecule has 4 rings (SSSR count). The summed E-state index contributed by atoms with van der Waals surface area (Å²) in [6.45, 7) is 9.03. The van der Waals surface area contributed by atoms with Gasteiger partial charge in [-0.15, -0.1) is 0 Å². The van der Waals surface area contributed by atoms with Gasteiger partial charge in [-0.05, 0) is 12.8 Å². The van der Waals surface area contributed by atoms with E-state index in [4.69, 9.17) is 9.72 Å². The predicted octanol–water partition coefficient (Wildman–Crippen LogP) is 2.04. The SMILES string of the molecule is CC(C)(C)c1ncc(C(=O)N[C@H]2CCCN(c3ncc4c(n3)CCOC4)C2)cn1. The number of rotatable bonds is 3. The van der Waals surface area contributed by atoms with Gasteiger partial charge < -0.3 is 15.0 Å². The normalized spacial score (nSPS) is 19.6. The van der Waals surface area contributed by atoms with E-state index < -0.39 is 0 Å². The zero-order valence-electron chi connectivity index (χ0n) is 17.3. The Morgan fingerprint density at radius 1 is 1.21 bits per heavy atom. The van der Waals surface area contributed by atoms with Gasteiger partial charge >= 0.3 is 0 Å². The van der Waals surface area contributed by atoms with Gasteiger partial charge in [-0.3, -0.25) is 4.79 Å². The summed E-state index contributed by atoms with van der Waals surface area (Å²) in [4.78, 5) is 32.8. The summed E-state index contributed by atoms with van der Waals surface area (Å²) in [6, 6.07) is 0.0431. The molecule has 154 valence electrons. The van der Waals surface area contributed by atoms with E-state index in [0.717, 1.165) is 48.8 Å². The van der Waals surface area contributed by atoms with Gasteiger partial charge in [0, 0.05) is 55.1 Å². The summed E-state index contributed by atoms with van der Waals surface area (Å²) in [5.41, 5.74) is 2.49. The Morgan fingerprint density at radius 2 is 2.00 bits per heavy atom. The second-order valence-electron chi connectivity index (χ2n) is 8.75. The van der Waals surface area contributed by atoms with E-state index in [0.29, 0.717) is 25.3 Å². The molecule has 8 heteroatoms. The fraction of sp³-hybridized carbons (Fsp3) is 0.571. The second-order valence-corrected chi connectivity index (χ2v) is 8.75. The van der Waals surface area contributed by atoms with E-state index in [1.54, 1.807) is 12.4 Å². The number of hydrogen-bond donors (Lipinski definition) is 1. The molecule has 0 aromatic carbocycles. The molecular formula is C21H28N6O2. The molecule has 4 heterocycles. The largest absolute Gasteiger partial charge is 0.376 e. The van der Waals surface area contributed by atoms with E-state index >= 15 is 0 Å². The molecule has 0 aliphatic carbocycles. The van der Waals surface area contributed by atoms with E-state index in [1.807, 2.05) is 6.20 Å². The van der Waals surface area contributed by atoms with Gasteiger partial charge in [0.25, 0.3) is 5.91 Å². The van der Waals surface area contributed by atoms with E-state index in [-0.39, 0.29) is 17.4 Å². The number of nitrogens with zero attached hydrogens (tertiary/aromatic N) is 5. The lowest BCUT2D eigenvalue weighted by molar-refractivity contribution is 0.0932. The number of fused-ring (bicyclic) bond motifs is 1. The molecule has 1 amide bonds. The Labute approximate surface area is 171 Å². The monoisotopic (exact) mass is 396 g/mol. The van der Waals surface area contributed by atoms with Crippen LogP contribution in [-0.4, -0.2) is 51.6 Å². The fourth-order valence-corrected chi connectivity index (χ4v) is 3.65. The quantitative estimate of drug-likeness (QED) is 0.848. The first kappa shape index (κ1) is 19.7. The maximum atomic E-state index is 12.7. The van der Waals surface area contributed by atoms with E-state index in [1.165, 1.54) is 0 Å². The van der Waals surface area contributed by atoms with Crippen molar-refractivity contribution in [3.05, 3.63) is 41.2 Å². The highest BCUT2D eigenvalue weighted by Gasteiger charge is 2.25. The van der Waals surface area contributed by atoms with Crippen molar-refractivity contribution in [3.63, 3.8) is 0 Å². The van der Waals surface area contributed by atoms with Crippen LogP contribution in [0.4, 0.5) is 5.95 Å². The van der Waals surface area contributed by atoms with Gasteiger partial charge in [0.15, 0.2) is 0 Å². The van der Waals surface area contributed by atoms with Gasteiger partial charge in [0.2, 0.25) is 5.95 Å². The van der Waals surface area contributed by atoms with Crippen molar-refractivity contribution in [2.45, 2.75) is 58.1 Å². The lowest BCUT2D eigenvalue weighted by atomic mass is 9.96. The molecule has 1 atom stereocenters. The molecule has 0 spiro atoms. The van der Waals surface area contributed by atoms with Gasteiger partial charge in [-0.25, -0.2) is 19.9 Å². The Hall–Kier alpha value is -2.61. The highest BCUT2D eigenvalue weighted by Crippen LogP contribution is 2.21. The Balaban J connectivity index is 1.40. The Morgan fingerprint density at radius 3 is 2.76 bits per heavy atom. The highest BCUT2D eigenvalue weighted by molar-refractivity contribution is 5.93. The van der Waals surface area contributed by atoms with Crippen LogP contribution in [0.5, 0.6) is 0 Å². The third kappa shape index (κ3) is 4.53. The number of piperidine rings is 1. The molecule has 1 saturated heterocycles. The number of hydrogen-bond acceptors (Lipinski definition) is 7. The zero-order chi connectivity index (χ0) is 20.4. The van der Waals surface area contributed by atoms with Crippen molar-refractivity contribution in [3.8, 4) is 0 Å². The number of nitrogens with one attached hydrogen (secondary N) is 1. The van der Waals surface area contributed by atoms with Gasteiger partial charge in [-0.1, -0.05) is 20.8 Å². The smallest absolute Gasteiger partial charge is 0.254 e. The third-order valence-electron chi connectivity index (χ3n) is 5.31. The topological polar surface area (TPSA) is 93.1 Å². The highest BCUT2D eigenvalue weighted by atomic mass is 16.5. The number of amides is 1. The number of carbonyl (C=O) groups excluding carboxylic acids is 1. The van der Waals surface area contributed by atoms with Crippen molar-refractivity contribution in [1.82, 2.24) is 25.3 Å². The average molecular weight is 396 g/mol. The van der Waals surface area contributed by atoms with Gasteiger partial charge in [0.1, 0.15) is 5.82 Å². The Bertz CT molecular complexity index is 878. The molecule has 0 bridgehead atoms. The summed E-state index contributed by atoms with van der Waals surface area (Å²) in [5, 5.41) is 3.12.